The van der Waals surface area contributed by atoms with Gasteiger partial charge in [-0.3, -0.25) is 4.90 Å². The van der Waals surface area contributed by atoms with Gasteiger partial charge in [-0.1, -0.05) is 20.8 Å². The topological polar surface area (TPSA) is 15.3 Å². The predicted octanol–water partition coefficient (Wildman–Crippen LogP) is 2.49. The van der Waals surface area contributed by atoms with Crippen LogP contribution in [0.25, 0.3) is 0 Å². The van der Waals surface area contributed by atoms with Crippen LogP contribution in [0.15, 0.2) is 0 Å². The molecule has 1 aliphatic rings. The van der Waals surface area contributed by atoms with E-state index in [4.69, 9.17) is 0 Å². The van der Waals surface area contributed by atoms with Gasteiger partial charge in [-0.25, -0.2) is 0 Å². The maximum Gasteiger partial charge on any atom is 0.0120 e. The number of nitrogens with zero attached hydrogens (tertiary/aromatic N) is 1. The van der Waals surface area contributed by atoms with Crippen LogP contribution in [0, 0.1) is 5.92 Å². The molecule has 15 heavy (non-hydrogen) atoms. The summed E-state index contributed by atoms with van der Waals surface area (Å²) < 4.78 is 0. The number of hydrogen-bond acceptors (Lipinski definition) is 2. The third-order valence-corrected chi connectivity index (χ3v) is 4.24. The second-order valence-electron chi connectivity index (χ2n) is 5.05. The van der Waals surface area contributed by atoms with Gasteiger partial charge in [0.2, 0.25) is 0 Å². The Bertz CT molecular complexity index is 181. The average molecular weight is 212 g/mol. The van der Waals surface area contributed by atoms with Crippen LogP contribution >= 0.6 is 0 Å². The van der Waals surface area contributed by atoms with E-state index in [0.29, 0.717) is 0 Å². The van der Waals surface area contributed by atoms with E-state index in [9.17, 15) is 0 Å². The van der Waals surface area contributed by atoms with Crippen molar-refractivity contribution in [3.8, 4) is 0 Å². The molecule has 0 aromatic carbocycles. The molecule has 1 aliphatic heterocycles. The Balaban J connectivity index is 2.56. The van der Waals surface area contributed by atoms with Gasteiger partial charge in [-0.15, -0.1) is 0 Å². The van der Waals surface area contributed by atoms with Crippen molar-refractivity contribution in [1.82, 2.24) is 10.2 Å². The maximum absolute atomic E-state index is 3.62. The van der Waals surface area contributed by atoms with Crippen LogP contribution < -0.4 is 5.32 Å². The molecule has 4 unspecified atom stereocenters. The van der Waals surface area contributed by atoms with Gasteiger partial charge in [0.1, 0.15) is 0 Å². The molecule has 1 N–H and O–H groups in total. The van der Waals surface area contributed by atoms with Gasteiger partial charge in [-0.2, -0.15) is 0 Å². The molecule has 1 saturated heterocycles. The van der Waals surface area contributed by atoms with Crippen LogP contribution in [0.2, 0.25) is 0 Å². The third-order valence-electron chi connectivity index (χ3n) is 4.24. The van der Waals surface area contributed by atoms with E-state index in [1.807, 2.05) is 0 Å². The standard InChI is InChI=1S/C13H28N2/c1-6-10(3)15-9-8-13(14-7-2)11(4)12(15)5/h10-14H,6-9H2,1-5H3. The van der Waals surface area contributed by atoms with Gasteiger partial charge in [0, 0.05) is 24.7 Å². The Hall–Kier alpha value is -0.0800. The predicted molar refractivity (Wildman–Crippen MR) is 67.2 cm³/mol. The fraction of sp³-hybridized carbons (Fsp3) is 1.00. The van der Waals surface area contributed by atoms with Crippen LogP contribution in [-0.4, -0.2) is 36.1 Å². The quantitative estimate of drug-likeness (QED) is 0.770. The highest BCUT2D eigenvalue weighted by molar-refractivity contribution is 4.90. The minimum Gasteiger partial charge on any atom is -0.314 e. The Kier molecular flexibility index (Phi) is 5.07. The van der Waals surface area contributed by atoms with Crippen LogP contribution in [0.3, 0.4) is 0 Å². The Labute approximate surface area is 95.4 Å². The molecular formula is C13H28N2. The van der Waals surface area contributed by atoms with E-state index >= 15 is 0 Å². The Morgan fingerprint density at radius 1 is 1.33 bits per heavy atom. The van der Waals surface area contributed by atoms with Crippen molar-refractivity contribution in [2.24, 2.45) is 5.92 Å². The second-order valence-corrected chi connectivity index (χ2v) is 5.05. The van der Waals surface area contributed by atoms with Gasteiger partial charge in [0.25, 0.3) is 0 Å². The van der Waals surface area contributed by atoms with Crippen molar-refractivity contribution in [3.63, 3.8) is 0 Å². The summed E-state index contributed by atoms with van der Waals surface area (Å²) in [5.74, 6) is 0.771. The molecule has 90 valence electrons. The molecule has 0 aromatic rings. The summed E-state index contributed by atoms with van der Waals surface area (Å²) in [5.41, 5.74) is 0. The average Bonchev–Trinajstić information content (AvgIpc) is 2.24. The smallest absolute Gasteiger partial charge is 0.0120 e. The van der Waals surface area contributed by atoms with E-state index in [0.717, 1.165) is 30.6 Å². The van der Waals surface area contributed by atoms with Crippen LogP contribution in [0.1, 0.15) is 47.5 Å². The third kappa shape index (κ3) is 2.94. The van der Waals surface area contributed by atoms with Crippen molar-refractivity contribution in [3.05, 3.63) is 0 Å². The van der Waals surface area contributed by atoms with Gasteiger partial charge >= 0.3 is 0 Å². The summed E-state index contributed by atoms with van der Waals surface area (Å²) in [6.45, 7) is 14.0. The van der Waals surface area contributed by atoms with Crippen LogP contribution in [0.4, 0.5) is 0 Å². The zero-order valence-electron chi connectivity index (χ0n) is 11.1. The second kappa shape index (κ2) is 5.86. The molecule has 1 fully saturated rings. The monoisotopic (exact) mass is 212 g/mol. The largest absolute Gasteiger partial charge is 0.314 e. The van der Waals surface area contributed by atoms with Crippen LogP contribution in [-0.2, 0) is 0 Å². The van der Waals surface area contributed by atoms with E-state index in [-0.39, 0.29) is 0 Å². The Morgan fingerprint density at radius 3 is 2.53 bits per heavy atom. The van der Waals surface area contributed by atoms with Gasteiger partial charge in [0.15, 0.2) is 0 Å². The summed E-state index contributed by atoms with van der Waals surface area (Å²) in [7, 11) is 0. The molecule has 0 radical (unpaired) electrons. The van der Waals surface area contributed by atoms with E-state index in [1.54, 1.807) is 0 Å². The number of likely N-dealkylation sites (tertiary alicyclic amines) is 1. The lowest BCUT2D eigenvalue weighted by Gasteiger charge is -2.45. The molecule has 0 aliphatic carbocycles. The normalized spacial score (nSPS) is 35.4. The number of hydrogen-bond donors (Lipinski definition) is 1. The van der Waals surface area contributed by atoms with Gasteiger partial charge < -0.3 is 5.32 Å². The van der Waals surface area contributed by atoms with Crippen molar-refractivity contribution >= 4 is 0 Å². The minimum absolute atomic E-state index is 0.720. The van der Waals surface area contributed by atoms with E-state index < -0.39 is 0 Å². The number of piperidine rings is 1. The first-order valence-corrected chi connectivity index (χ1v) is 6.60. The van der Waals surface area contributed by atoms with Crippen LogP contribution in [0.5, 0.6) is 0 Å². The summed E-state index contributed by atoms with van der Waals surface area (Å²) in [6.07, 6.45) is 2.58. The Morgan fingerprint density at radius 2 is 2.00 bits per heavy atom. The molecule has 0 aromatic heterocycles. The summed E-state index contributed by atoms with van der Waals surface area (Å²) in [5, 5.41) is 3.62. The number of nitrogens with one attached hydrogen (secondary N) is 1. The molecule has 0 bridgehead atoms. The molecule has 2 heteroatoms. The van der Waals surface area contributed by atoms with Crippen molar-refractivity contribution in [1.29, 1.82) is 0 Å². The fourth-order valence-corrected chi connectivity index (χ4v) is 2.80. The molecule has 0 spiro atoms. The van der Waals surface area contributed by atoms with Gasteiger partial charge in [0.05, 0.1) is 0 Å². The SMILES string of the molecule is CCNC1CCN(C(C)CC)C(C)C1C. The fourth-order valence-electron chi connectivity index (χ4n) is 2.80. The lowest BCUT2D eigenvalue weighted by molar-refractivity contribution is 0.0520. The van der Waals surface area contributed by atoms with Gasteiger partial charge in [-0.05, 0) is 39.2 Å². The molecule has 1 rings (SSSR count). The molecule has 1 heterocycles. The van der Waals surface area contributed by atoms with E-state index in [2.05, 4.69) is 44.8 Å². The molecule has 2 nitrogen and oxygen atoms in total. The zero-order chi connectivity index (χ0) is 11.4. The van der Waals surface area contributed by atoms with Crippen molar-refractivity contribution < 1.29 is 0 Å². The molecule has 0 saturated carbocycles. The summed E-state index contributed by atoms with van der Waals surface area (Å²) in [6, 6.07) is 2.19. The highest BCUT2D eigenvalue weighted by Gasteiger charge is 2.33. The lowest BCUT2D eigenvalue weighted by atomic mass is 9.86. The molecule has 0 amide bonds. The minimum atomic E-state index is 0.720. The number of rotatable bonds is 4. The van der Waals surface area contributed by atoms with Crippen molar-refractivity contribution in [2.45, 2.75) is 65.6 Å². The highest BCUT2D eigenvalue weighted by Crippen LogP contribution is 2.26. The first-order valence-electron chi connectivity index (χ1n) is 6.60. The maximum atomic E-state index is 3.62. The first kappa shape index (κ1) is 13.0. The van der Waals surface area contributed by atoms with Crippen molar-refractivity contribution in [2.75, 3.05) is 13.1 Å². The summed E-state index contributed by atoms with van der Waals surface area (Å²) >= 11 is 0. The highest BCUT2D eigenvalue weighted by atomic mass is 15.2. The first-order chi connectivity index (χ1) is 7.11. The zero-order valence-corrected chi connectivity index (χ0v) is 11.1. The van der Waals surface area contributed by atoms with E-state index in [1.165, 1.54) is 19.4 Å². The molecular weight excluding hydrogens is 184 g/mol. The molecule has 4 atom stereocenters. The lowest BCUT2D eigenvalue weighted by Crippen LogP contribution is -2.55. The summed E-state index contributed by atoms with van der Waals surface area (Å²) in [4.78, 5) is 2.68.